The Bertz CT molecular complexity index is 751. The molecule has 1 fully saturated rings. The second-order valence-electron chi connectivity index (χ2n) is 6.78. The van der Waals surface area contributed by atoms with Gasteiger partial charge in [0.2, 0.25) is 0 Å². The van der Waals surface area contributed by atoms with Crippen LogP contribution in [0.1, 0.15) is 35.5 Å². The molecular formula is C21H29N5O2. The van der Waals surface area contributed by atoms with Gasteiger partial charge in [-0.1, -0.05) is 32.0 Å². The number of benzene rings is 1. The Morgan fingerprint density at radius 2 is 1.82 bits per heavy atom. The number of nitrogens with zero attached hydrogens (tertiary/aromatic N) is 3. The molecule has 0 radical (unpaired) electrons. The average Bonchev–Trinajstić information content (AvgIpc) is 2.75. The number of nitrogens with one attached hydrogen (secondary N) is 2. The first-order valence-electron chi connectivity index (χ1n) is 9.99. The van der Waals surface area contributed by atoms with E-state index in [2.05, 4.69) is 39.3 Å². The van der Waals surface area contributed by atoms with E-state index < -0.39 is 0 Å². The van der Waals surface area contributed by atoms with Gasteiger partial charge in [-0.3, -0.25) is 9.69 Å². The molecule has 0 saturated carbocycles. The number of amides is 1. The predicted octanol–water partition coefficient (Wildman–Crippen LogP) is 2.60. The third-order valence-corrected chi connectivity index (χ3v) is 4.96. The molecule has 0 aliphatic carbocycles. The number of anilines is 2. The van der Waals surface area contributed by atoms with Crippen LogP contribution in [0.5, 0.6) is 0 Å². The van der Waals surface area contributed by atoms with E-state index in [1.165, 1.54) is 6.20 Å². The zero-order chi connectivity index (χ0) is 19.8. The molecule has 7 heteroatoms. The van der Waals surface area contributed by atoms with Crippen LogP contribution in [-0.4, -0.2) is 60.2 Å². The van der Waals surface area contributed by atoms with Gasteiger partial charge < -0.3 is 15.4 Å². The second kappa shape index (κ2) is 10.1. The summed E-state index contributed by atoms with van der Waals surface area (Å²) >= 11 is 0. The fraction of sp³-hybridized carbons (Fsp3) is 0.476. The molecule has 0 spiro atoms. The minimum absolute atomic E-state index is 0.233. The van der Waals surface area contributed by atoms with Crippen LogP contribution in [0.25, 0.3) is 0 Å². The summed E-state index contributed by atoms with van der Waals surface area (Å²) in [5.74, 6) is 0.441. The summed E-state index contributed by atoms with van der Waals surface area (Å²) in [5, 5.41) is 6.28. The van der Waals surface area contributed by atoms with Crippen molar-refractivity contribution in [3.63, 3.8) is 0 Å². The van der Waals surface area contributed by atoms with Crippen molar-refractivity contribution in [1.82, 2.24) is 14.9 Å². The van der Waals surface area contributed by atoms with Crippen molar-refractivity contribution >= 4 is 17.4 Å². The van der Waals surface area contributed by atoms with E-state index in [0.29, 0.717) is 11.5 Å². The van der Waals surface area contributed by atoms with Crippen molar-refractivity contribution < 1.29 is 9.53 Å². The minimum atomic E-state index is -0.233. The molecule has 2 heterocycles. The van der Waals surface area contributed by atoms with Crippen LogP contribution in [0.2, 0.25) is 0 Å². The lowest BCUT2D eigenvalue weighted by molar-refractivity contribution is 0.0398. The topological polar surface area (TPSA) is 79.4 Å². The Hall–Kier alpha value is -2.51. The number of carbonyl (C=O) groups excluding carboxylic acids is 1. The van der Waals surface area contributed by atoms with Gasteiger partial charge in [0, 0.05) is 31.9 Å². The number of carbonyl (C=O) groups is 1. The summed E-state index contributed by atoms with van der Waals surface area (Å²) in [4.78, 5) is 23.6. The van der Waals surface area contributed by atoms with E-state index >= 15 is 0 Å². The molecule has 1 aliphatic heterocycles. The first-order chi connectivity index (χ1) is 13.7. The Kier molecular flexibility index (Phi) is 7.33. The van der Waals surface area contributed by atoms with Gasteiger partial charge >= 0.3 is 0 Å². The summed E-state index contributed by atoms with van der Waals surface area (Å²) in [6.45, 7) is 9.40. The van der Waals surface area contributed by atoms with Gasteiger partial charge in [-0.25, -0.2) is 9.97 Å². The highest BCUT2D eigenvalue weighted by Gasteiger charge is 2.14. The van der Waals surface area contributed by atoms with Gasteiger partial charge in [-0.15, -0.1) is 0 Å². The lowest BCUT2D eigenvalue weighted by Gasteiger charge is -2.26. The molecule has 0 atom stereocenters. The van der Waals surface area contributed by atoms with Crippen molar-refractivity contribution in [2.24, 2.45) is 0 Å². The predicted molar refractivity (Wildman–Crippen MR) is 111 cm³/mol. The standard InChI is InChI=1S/C21H29N5O2/c1-3-16-6-5-7-17(4-2)20(16)25-21(27)18-14-24-19(15-23-18)22-8-9-26-10-12-28-13-11-26/h5-7,14-15H,3-4,8-13H2,1-2H3,(H,22,24)(H,25,27). The fourth-order valence-corrected chi connectivity index (χ4v) is 3.28. The molecule has 2 N–H and O–H groups in total. The van der Waals surface area contributed by atoms with Gasteiger partial charge in [-0.2, -0.15) is 0 Å². The van der Waals surface area contributed by atoms with Gasteiger partial charge in [0.1, 0.15) is 11.5 Å². The summed E-state index contributed by atoms with van der Waals surface area (Å²) in [7, 11) is 0. The number of aryl methyl sites for hydroxylation is 2. The molecule has 1 amide bonds. The zero-order valence-corrected chi connectivity index (χ0v) is 16.7. The van der Waals surface area contributed by atoms with Crippen LogP contribution in [0.15, 0.2) is 30.6 Å². The maximum atomic E-state index is 12.6. The lowest BCUT2D eigenvalue weighted by atomic mass is 10.0. The van der Waals surface area contributed by atoms with E-state index in [0.717, 1.165) is 69.0 Å². The van der Waals surface area contributed by atoms with Crippen molar-refractivity contribution in [2.45, 2.75) is 26.7 Å². The molecule has 7 nitrogen and oxygen atoms in total. The Morgan fingerprint density at radius 3 is 2.43 bits per heavy atom. The number of aromatic nitrogens is 2. The van der Waals surface area contributed by atoms with Gasteiger partial charge in [0.25, 0.3) is 5.91 Å². The van der Waals surface area contributed by atoms with Crippen LogP contribution in [0, 0.1) is 0 Å². The summed E-state index contributed by atoms with van der Waals surface area (Å²) in [6, 6.07) is 6.12. The van der Waals surface area contributed by atoms with E-state index in [-0.39, 0.29) is 5.91 Å². The van der Waals surface area contributed by atoms with E-state index in [9.17, 15) is 4.79 Å². The number of hydrogen-bond donors (Lipinski definition) is 2. The lowest BCUT2D eigenvalue weighted by Crippen LogP contribution is -2.39. The van der Waals surface area contributed by atoms with E-state index in [1.807, 2.05) is 18.2 Å². The molecule has 1 saturated heterocycles. The third-order valence-electron chi connectivity index (χ3n) is 4.96. The van der Waals surface area contributed by atoms with Crippen molar-refractivity contribution in [3.05, 3.63) is 47.4 Å². The number of para-hydroxylation sites is 1. The normalized spacial score (nSPS) is 14.6. The molecule has 0 unspecified atom stereocenters. The Balaban J connectivity index is 1.56. The largest absolute Gasteiger partial charge is 0.379 e. The Morgan fingerprint density at radius 1 is 1.11 bits per heavy atom. The van der Waals surface area contributed by atoms with E-state index in [1.54, 1.807) is 6.20 Å². The first kappa shape index (κ1) is 20.2. The van der Waals surface area contributed by atoms with Gasteiger partial charge in [0.05, 0.1) is 25.6 Å². The summed E-state index contributed by atoms with van der Waals surface area (Å²) in [6.07, 6.45) is 4.86. The molecule has 2 aromatic rings. The SMILES string of the molecule is CCc1cccc(CC)c1NC(=O)c1cnc(NCCN2CCOCC2)cn1. The van der Waals surface area contributed by atoms with Crippen LogP contribution < -0.4 is 10.6 Å². The molecular weight excluding hydrogens is 354 g/mol. The number of rotatable bonds is 8. The number of ether oxygens (including phenoxy) is 1. The van der Waals surface area contributed by atoms with Gasteiger partial charge in [-0.05, 0) is 24.0 Å². The number of hydrogen-bond acceptors (Lipinski definition) is 6. The maximum absolute atomic E-state index is 12.6. The minimum Gasteiger partial charge on any atom is -0.379 e. The van der Waals surface area contributed by atoms with Gasteiger partial charge in [0.15, 0.2) is 0 Å². The average molecular weight is 383 g/mol. The smallest absolute Gasteiger partial charge is 0.275 e. The van der Waals surface area contributed by atoms with Crippen molar-refractivity contribution in [1.29, 1.82) is 0 Å². The summed E-state index contributed by atoms with van der Waals surface area (Å²) in [5.41, 5.74) is 3.46. The molecule has 1 aromatic heterocycles. The van der Waals surface area contributed by atoms with Crippen LogP contribution in [0.3, 0.4) is 0 Å². The zero-order valence-electron chi connectivity index (χ0n) is 16.7. The summed E-state index contributed by atoms with van der Waals surface area (Å²) < 4.78 is 5.35. The highest BCUT2D eigenvalue weighted by molar-refractivity contribution is 6.03. The molecule has 150 valence electrons. The second-order valence-corrected chi connectivity index (χ2v) is 6.78. The molecule has 3 rings (SSSR count). The highest BCUT2D eigenvalue weighted by Crippen LogP contribution is 2.23. The van der Waals surface area contributed by atoms with Crippen molar-refractivity contribution in [3.8, 4) is 0 Å². The molecule has 1 aliphatic rings. The maximum Gasteiger partial charge on any atom is 0.275 e. The van der Waals surface area contributed by atoms with Crippen LogP contribution >= 0.6 is 0 Å². The monoisotopic (exact) mass is 383 g/mol. The Labute approximate surface area is 166 Å². The van der Waals surface area contributed by atoms with Crippen LogP contribution in [-0.2, 0) is 17.6 Å². The molecule has 28 heavy (non-hydrogen) atoms. The first-order valence-corrected chi connectivity index (χ1v) is 9.99. The highest BCUT2D eigenvalue weighted by atomic mass is 16.5. The van der Waals surface area contributed by atoms with Crippen LogP contribution in [0.4, 0.5) is 11.5 Å². The third kappa shape index (κ3) is 5.27. The quantitative estimate of drug-likeness (QED) is 0.729. The number of morpholine rings is 1. The molecule has 1 aromatic carbocycles. The van der Waals surface area contributed by atoms with E-state index in [4.69, 9.17) is 4.74 Å². The fourth-order valence-electron chi connectivity index (χ4n) is 3.28. The van der Waals surface area contributed by atoms with Crippen molar-refractivity contribution in [2.75, 3.05) is 50.0 Å². The molecule has 0 bridgehead atoms.